The molecular weight excluding hydrogens is 200 g/mol. The second-order valence-corrected chi connectivity index (χ2v) is 4.67. The lowest BCUT2D eigenvalue weighted by Gasteiger charge is -2.16. The molecule has 1 aromatic rings. The van der Waals surface area contributed by atoms with Crippen LogP contribution in [0.15, 0.2) is 18.3 Å². The van der Waals surface area contributed by atoms with Crippen LogP contribution in [0.3, 0.4) is 0 Å². The van der Waals surface area contributed by atoms with Gasteiger partial charge in [-0.05, 0) is 30.9 Å². The Kier molecular flexibility index (Phi) is 3.78. The van der Waals surface area contributed by atoms with E-state index in [9.17, 15) is 0 Å². The van der Waals surface area contributed by atoms with Gasteiger partial charge in [-0.2, -0.15) is 0 Å². The predicted molar refractivity (Wildman–Crippen MR) is 64.2 cm³/mol. The Labute approximate surface area is 96.9 Å². The van der Waals surface area contributed by atoms with Crippen molar-refractivity contribution in [2.24, 2.45) is 5.92 Å². The highest BCUT2D eigenvalue weighted by Gasteiger charge is 2.24. The Hall–Kier alpha value is -1.09. The van der Waals surface area contributed by atoms with Crippen molar-refractivity contribution < 1.29 is 5.11 Å². The van der Waals surface area contributed by atoms with E-state index in [2.05, 4.69) is 17.2 Å². The number of rotatable bonds is 6. The summed E-state index contributed by atoms with van der Waals surface area (Å²) in [4.78, 5) is 4.17. The summed E-state index contributed by atoms with van der Waals surface area (Å²) >= 11 is 0. The molecule has 0 spiro atoms. The summed E-state index contributed by atoms with van der Waals surface area (Å²) in [6, 6.07) is 4.17. The second-order valence-electron chi connectivity index (χ2n) is 4.67. The predicted octanol–water partition coefficient (Wildman–Crippen LogP) is 2.46. The molecule has 1 aromatic heterocycles. The molecule has 1 saturated carbocycles. The molecule has 2 N–H and O–H groups in total. The van der Waals surface area contributed by atoms with Gasteiger partial charge in [0.25, 0.3) is 0 Å². The summed E-state index contributed by atoms with van der Waals surface area (Å²) in [5.41, 5.74) is 0.993. The SMILES string of the molecule is CCC(CC1CC1)NCc1ccc(O)cn1. The van der Waals surface area contributed by atoms with Crippen molar-refractivity contribution >= 4 is 0 Å². The lowest BCUT2D eigenvalue weighted by molar-refractivity contribution is 0.440. The number of hydrogen-bond acceptors (Lipinski definition) is 3. The average molecular weight is 220 g/mol. The van der Waals surface area contributed by atoms with Crippen LogP contribution in [0, 0.1) is 5.92 Å². The maximum absolute atomic E-state index is 9.12. The maximum Gasteiger partial charge on any atom is 0.133 e. The van der Waals surface area contributed by atoms with Crippen molar-refractivity contribution in [3.63, 3.8) is 0 Å². The van der Waals surface area contributed by atoms with E-state index >= 15 is 0 Å². The molecule has 3 heteroatoms. The van der Waals surface area contributed by atoms with Gasteiger partial charge in [-0.3, -0.25) is 4.98 Å². The Morgan fingerprint density at radius 2 is 2.31 bits per heavy atom. The van der Waals surface area contributed by atoms with Crippen molar-refractivity contribution in [3.8, 4) is 5.75 Å². The molecule has 0 amide bonds. The molecule has 1 aliphatic carbocycles. The molecule has 0 aromatic carbocycles. The van der Waals surface area contributed by atoms with Crippen LogP contribution in [-0.4, -0.2) is 16.1 Å². The molecule has 0 aliphatic heterocycles. The van der Waals surface area contributed by atoms with Crippen molar-refractivity contribution in [1.29, 1.82) is 0 Å². The number of aromatic nitrogens is 1. The molecule has 3 nitrogen and oxygen atoms in total. The third-order valence-electron chi connectivity index (χ3n) is 3.19. The van der Waals surface area contributed by atoms with E-state index in [4.69, 9.17) is 5.11 Å². The largest absolute Gasteiger partial charge is 0.506 e. The number of nitrogens with one attached hydrogen (secondary N) is 1. The number of aromatic hydroxyl groups is 1. The molecule has 2 rings (SSSR count). The van der Waals surface area contributed by atoms with Crippen LogP contribution >= 0.6 is 0 Å². The van der Waals surface area contributed by atoms with Gasteiger partial charge in [0.2, 0.25) is 0 Å². The Bertz CT molecular complexity index is 319. The van der Waals surface area contributed by atoms with E-state index in [1.165, 1.54) is 31.9 Å². The van der Waals surface area contributed by atoms with Gasteiger partial charge in [0.15, 0.2) is 0 Å². The molecule has 1 atom stereocenters. The van der Waals surface area contributed by atoms with Crippen LogP contribution in [0.2, 0.25) is 0 Å². The lowest BCUT2D eigenvalue weighted by Crippen LogP contribution is -2.28. The third kappa shape index (κ3) is 3.49. The van der Waals surface area contributed by atoms with Crippen LogP contribution in [-0.2, 0) is 6.54 Å². The fourth-order valence-corrected chi connectivity index (χ4v) is 1.92. The summed E-state index contributed by atoms with van der Waals surface area (Å²) in [6.45, 7) is 3.02. The lowest BCUT2D eigenvalue weighted by atomic mass is 10.1. The van der Waals surface area contributed by atoms with Gasteiger partial charge in [-0.1, -0.05) is 19.8 Å². The minimum atomic E-state index is 0.230. The highest BCUT2D eigenvalue weighted by molar-refractivity contribution is 5.17. The number of hydrogen-bond donors (Lipinski definition) is 2. The van der Waals surface area contributed by atoms with E-state index in [0.717, 1.165) is 18.2 Å². The quantitative estimate of drug-likeness (QED) is 0.774. The van der Waals surface area contributed by atoms with Gasteiger partial charge in [0.1, 0.15) is 5.75 Å². The molecule has 88 valence electrons. The zero-order chi connectivity index (χ0) is 11.4. The van der Waals surface area contributed by atoms with Crippen molar-refractivity contribution in [3.05, 3.63) is 24.0 Å². The fraction of sp³-hybridized carbons (Fsp3) is 0.615. The summed E-state index contributed by atoms with van der Waals surface area (Å²) in [7, 11) is 0. The highest BCUT2D eigenvalue weighted by atomic mass is 16.3. The van der Waals surface area contributed by atoms with Gasteiger partial charge in [-0.15, -0.1) is 0 Å². The molecule has 16 heavy (non-hydrogen) atoms. The summed E-state index contributed by atoms with van der Waals surface area (Å²) < 4.78 is 0. The molecule has 0 radical (unpaired) electrons. The third-order valence-corrected chi connectivity index (χ3v) is 3.19. The van der Waals surface area contributed by atoms with E-state index in [0.29, 0.717) is 6.04 Å². The fourth-order valence-electron chi connectivity index (χ4n) is 1.92. The van der Waals surface area contributed by atoms with Crippen molar-refractivity contribution in [1.82, 2.24) is 10.3 Å². The van der Waals surface area contributed by atoms with Gasteiger partial charge < -0.3 is 10.4 Å². The standard InChI is InChI=1S/C13H20N2O/c1-2-11(7-10-3-4-10)14-8-12-5-6-13(16)9-15-12/h5-6,9-11,14,16H,2-4,7-8H2,1H3. The van der Waals surface area contributed by atoms with E-state index in [1.807, 2.05) is 6.07 Å². The van der Waals surface area contributed by atoms with E-state index < -0.39 is 0 Å². The van der Waals surface area contributed by atoms with Crippen LogP contribution in [0.25, 0.3) is 0 Å². The van der Waals surface area contributed by atoms with Crippen molar-refractivity contribution in [2.75, 3.05) is 0 Å². The Morgan fingerprint density at radius 3 is 2.88 bits per heavy atom. The first-order chi connectivity index (χ1) is 7.78. The highest BCUT2D eigenvalue weighted by Crippen LogP contribution is 2.34. The number of pyridine rings is 1. The second kappa shape index (κ2) is 5.30. The maximum atomic E-state index is 9.12. The van der Waals surface area contributed by atoms with Gasteiger partial charge in [-0.25, -0.2) is 0 Å². The molecule has 0 saturated heterocycles. The molecule has 1 unspecified atom stereocenters. The van der Waals surface area contributed by atoms with E-state index in [-0.39, 0.29) is 5.75 Å². The Balaban J connectivity index is 1.77. The summed E-state index contributed by atoms with van der Waals surface area (Å²) in [6.07, 6.45) is 6.80. The number of nitrogens with zero attached hydrogens (tertiary/aromatic N) is 1. The van der Waals surface area contributed by atoms with Gasteiger partial charge in [0, 0.05) is 12.6 Å². The van der Waals surface area contributed by atoms with Crippen molar-refractivity contribution in [2.45, 2.75) is 45.2 Å². The zero-order valence-corrected chi connectivity index (χ0v) is 9.82. The van der Waals surface area contributed by atoms with Gasteiger partial charge in [0.05, 0.1) is 11.9 Å². The van der Waals surface area contributed by atoms with E-state index in [1.54, 1.807) is 6.07 Å². The summed E-state index contributed by atoms with van der Waals surface area (Å²) in [5.74, 6) is 1.19. The molecular formula is C13H20N2O. The monoisotopic (exact) mass is 220 g/mol. The normalized spacial score (nSPS) is 17.3. The molecule has 0 bridgehead atoms. The molecule has 1 heterocycles. The zero-order valence-electron chi connectivity index (χ0n) is 9.82. The first-order valence-electron chi connectivity index (χ1n) is 6.15. The van der Waals surface area contributed by atoms with Crippen LogP contribution < -0.4 is 5.32 Å². The van der Waals surface area contributed by atoms with Gasteiger partial charge >= 0.3 is 0 Å². The molecule has 1 aliphatic rings. The first-order valence-corrected chi connectivity index (χ1v) is 6.15. The topological polar surface area (TPSA) is 45.1 Å². The molecule has 1 fully saturated rings. The van der Waals surface area contributed by atoms with Crippen LogP contribution in [0.1, 0.15) is 38.3 Å². The average Bonchev–Trinajstić information content (AvgIpc) is 3.10. The minimum Gasteiger partial charge on any atom is -0.506 e. The Morgan fingerprint density at radius 1 is 1.50 bits per heavy atom. The summed E-state index contributed by atoms with van der Waals surface area (Å²) in [5, 5.41) is 12.7. The van der Waals surface area contributed by atoms with Crippen LogP contribution in [0.5, 0.6) is 5.75 Å². The van der Waals surface area contributed by atoms with Crippen LogP contribution in [0.4, 0.5) is 0 Å². The minimum absolute atomic E-state index is 0.230. The first kappa shape index (κ1) is 11.4. The smallest absolute Gasteiger partial charge is 0.133 e.